The molecule has 0 saturated heterocycles. The fraction of sp³-hybridized carbons (Fsp3) is 0.824. The summed E-state index contributed by atoms with van der Waals surface area (Å²) in [6, 6.07) is 0. The first-order valence-corrected chi connectivity index (χ1v) is 8.13. The van der Waals surface area contributed by atoms with Crippen molar-refractivity contribution in [2.45, 2.75) is 58.0 Å². The molecule has 0 heterocycles. The van der Waals surface area contributed by atoms with Crippen molar-refractivity contribution in [3.63, 3.8) is 0 Å². The first-order valence-electron chi connectivity index (χ1n) is 8.13. The lowest BCUT2D eigenvalue weighted by Gasteiger charge is -2.39. The minimum atomic E-state index is -0.409. The zero-order valence-electron chi connectivity index (χ0n) is 13.6. The highest BCUT2D eigenvalue weighted by Gasteiger charge is 2.33. The summed E-state index contributed by atoms with van der Waals surface area (Å²) in [6.07, 6.45) is 8.31. The Morgan fingerprint density at radius 2 is 1.90 bits per heavy atom. The van der Waals surface area contributed by atoms with Gasteiger partial charge in [-0.15, -0.1) is 0 Å². The van der Waals surface area contributed by atoms with E-state index in [0.717, 1.165) is 24.8 Å². The lowest BCUT2D eigenvalue weighted by molar-refractivity contribution is -0.140. The van der Waals surface area contributed by atoms with Crippen LogP contribution in [0.15, 0.2) is 12.7 Å². The molecular weight excluding hydrogens is 268 g/mol. The van der Waals surface area contributed by atoms with Crippen LogP contribution in [0, 0.1) is 5.92 Å². The Bertz CT molecular complexity index is 306. The van der Waals surface area contributed by atoms with Crippen molar-refractivity contribution in [1.29, 1.82) is 0 Å². The second-order valence-corrected chi connectivity index (χ2v) is 5.95. The highest BCUT2D eigenvalue weighted by molar-refractivity contribution is 5.81. The van der Waals surface area contributed by atoms with Gasteiger partial charge in [-0.25, -0.2) is 4.79 Å². The van der Waals surface area contributed by atoms with Crippen molar-refractivity contribution in [1.82, 2.24) is 0 Å². The van der Waals surface area contributed by atoms with E-state index in [9.17, 15) is 4.79 Å². The molecule has 1 rings (SSSR count). The maximum atomic E-state index is 10.8. The molecule has 1 fully saturated rings. The number of carbonyl (C=O) groups excluding carboxylic acids is 1. The first kappa shape index (κ1) is 18.2. The molecule has 1 aliphatic carbocycles. The summed E-state index contributed by atoms with van der Waals surface area (Å²) in [6.45, 7) is 9.71. The van der Waals surface area contributed by atoms with Gasteiger partial charge in [-0.05, 0) is 38.0 Å². The number of hydrogen-bond acceptors (Lipinski definition) is 4. The molecule has 0 radical (unpaired) electrons. The van der Waals surface area contributed by atoms with Crippen LogP contribution in [0.3, 0.4) is 0 Å². The number of hydrogen-bond donors (Lipinski definition) is 0. The normalized spacial score (nSPS) is 25.5. The molecule has 1 saturated carbocycles. The van der Waals surface area contributed by atoms with Gasteiger partial charge in [0.05, 0.1) is 25.4 Å². The Labute approximate surface area is 128 Å². The first-order chi connectivity index (χ1) is 10.1. The largest absolute Gasteiger partial charge is 0.460 e. The maximum absolute atomic E-state index is 10.8. The molecule has 0 spiro atoms. The molecule has 0 aliphatic heterocycles. The molecule has 0 unspecified atom stereocenters. The van der Waals surface area contributed by atoms with Crippen molar-refractivity contribution in [3.05, 3.63) is 12.7 Å². The summed E-state index contributed by atoms with van der Waals surface area (Å²) in [4.78, 5) is 10.8. The van der Waals surface area contributed by atoms with Crippen LogP contribution in [0.4, 0.5) is 0 Å². The molecule has 21 heavy (non-hydrogen) atoms. The van der Waals surface area contributed by atoms with Gasteiger partial charge < -0.3 is 14.2 Å². The molecule has 0 bridgehead atoms. The number of esters is 1. The predicted molar refractivity (Wildman–Crippen MR) is 83.2 cm³/mol. The van der Waals surface area contributed by atoms with Crippen LogP contribution >= 0.6 is 0 Å². The van der Waals surface area contributed by atoms with Crippen LogP contribution in [0.2, 0.25) is 0 Å². The van der Waals surface area contributed by atoms with Crippen molar-refractivity contribution >= 4 is 5.97 Å². The Balaban J connectivity index is 2.13. The molecule has 0 N–H and O–H groups in total. The SMILES string of the molecule is C=CC(=O)OCCOCCOC1(CCC)CCC(C)CC1. The Morgan fingerprint density at radius 3 is 2.52 bits per heavy atom. The van der Waals surface area contributed by atoms with E-state index >= 15 is 0 Å². The quantitative estimate of drug-likeness (QED) is 0.352. The maximum Gasteiger partial charge on any atom is 0.330 e. The molecule has 4 heteroatoms. The molecule has 0 atom stereocenters. The Morgan fingerprint density at radius 1 is 1.24 bits per heavy atom. The third-order valence-corrected chi connectivity index (χ3v) is 4.17. The van der Waals surface area contributed by atoms with Gasteiger partial charge in [-0.2, -0.15) is 0 Å². The molecule has 0 aromatic rings. The van der Waals surface area contributed by atoms with Gasteiger partial charge in [0.1, 0.15) is 6.61 Å². The summed E-state index contributed by atoms with van der Waals surface area (Å²) in [7, 11) is 0. The highest BCUT2D eigenvalue weighted by atomic mass is 16.6. The summed E-state index contributed by atoms with van der Waals surface area (Å²) >= 11 is 0. The van der Waals surface area contributed by atoms with Gasteiger partial charge in [0.25, 0.3) is 0 Å². The minimum absolute atomic E-state index is 0.0694. The van der Waals surface area contributed by atoms with E-state index in [2.05, 4.69) is 20.4 Å². The van der Waals surface area contributed by atoms with Crippen LogP contribution in [-0.2, 0) is 19.0 Å². The summed E-state index contributed by atoms with van der Waals surface area (Å²) in [5.41, 5.74) is 0.0694. The average molecular weight is 298 g/mol. The molecule has 0 aromatic carbocycles. The van der Waals surface area contributed by atoms with Gasteiger partial charge in [-0.3, -0.25) is 0 Å². The van der Waals surface area contributed by atoms with Crippen molar-refractivity contribution in [3.8, 4) is 0 Å². The number of ether oxygens (including phenoxy) is 3. The van der Waals surface area contributed by atoms with Gasteiger partial charge in [-0.1, -0.05) is 26.8 Å². The fourth-order valence-electron chi connectivity index (χ4n) is 2.89. The Kier molecular flexibility index (Phi) is 8.62. The van der Waals surface area contributed by atoms with E-state index in [4.69, 9.17) is 14.2 Å². The average Bonchev–Trinajstić information content (AvgIpc) is 2.49. The van der Waals surface area contributed by atoms with Gasteiger partial charge in [0, 0.05) is 6.08 Å². The molecule has 1 aliphatic rings. The second kappa shape index (κ2) is 9.96. The monoisotopic (exact) mass is 298 g/mol. The minimum Gasteiger partial charge on any atom is -0.460 e. The van der Waals surface area contributed by atoms with Gasteiger partial charge >= 0.3 is 5.97 Å². The topological polar surface area (TPSA) is 44.8 Å². The molecule has 4 nitrogen and oxygen atoms in total. The predicted octanol–water partition coefficient (Wildman–Crippen LogP) is 3.50. The van der Waals surface area contributed by atoms with E-state index in [0.29, 0.717) is 19.8 Å². The van der Waals surface area contributed by atoms with Crippen LogP contribution in [-0.4, -0.2) is 38.0 Å². The highest BCUT2D eigenvalue weighted by Crippen LogP contribution is 2.37. The molecule has 0 amide bonds. The number of rotatable bonds is 10. The van der Waals surface area contributed by atoms with Crippen molar-refractivity contribution in [2.75, 3.05) is 26.4 Å². The summed E-state index contributed by atoms with van der Waals surface area (Å²) in [5, 5.41) is 0. The van der Waals surface area contributed by atoms with Crippen LogP contribution < -0.4 is 0 Å². The zero-order chi connectivity index (χ0) is 15.6. The smallest absolute Gasteiger partial charge is 0.330 e. The van der Waals surface area contributed by atoms with Gasteiger partial charge in [0.2, 0.25) is 0 Å². The molecule has 122 valence electrons. The van der Waals surface area contributed by atoms with E-state index in [1.807, 2.05) is 0 Å². The lowest BCUT2D eigenvalue weighted by Crippen LogP contribution is -2.37. The van der Waals surface area contributed by atoms with E-state index in [1.54, 1.807) is 0 Å². The van der Waals surface area contributed by atoms with E-state index < -0.39 is 5.97 Å². The fourth-order valence-corrected chi connectivity index (χ4v) is 2.89. The van der Waals surface area contributed by atoms with Crippen LogP contribution in [0.1, 0.15) is 52.4 Å². The third kappa shape index (κ3) is 7.09. The van der Waals surface area contributed by atoms with Crippen molar-refractivity contribution < 1.29 is 19.0 Å². The summed E-state index contributed by atoms with van der Waals surface area (Å²) < 4.78 is 16.4. The molecule has 0 aromatic heterocycles. The van der Waals surface area contributed by atoms with Crippen LogP contribution in [0.5, 0.6) is 0 Å². The van der Waals surface area contributed by atoms with Crippen LogP contribution in [0.25, 0.3) is 0 Å². The standard InChI is InChI=1S/C17H30O4/c1-4-8-17(9-6-15(3)7-10-17)21-14-12-19-11-13-20-16(18)5-2/h5,15H,2,4,6-14H2,1,3H3. The van der Waals surface area contributed by atoms with E-state index in [-0.39, 0.29) is 12.2 Å². The summed E-state index contributed by atoms with van der Waals surface area (Å²) in [5.74, 6) is 0.419. The zero-order valence-corrected chi connectivity index (χ0v) is 13.6. The molecular formula is C17H30O4. The lowest BCUT2D eigenvalue weighted by atomic mass is 9.77. The Hall–Kier alpha value is -0.870. The van der Waals surface area contributed by atoms with Crippen molar-refractivity contribution in [2.24, 2.45) is 5.92 Å². The van der Waals surface area contributed by atoms with Gasteiger partial charge in [0.15, 0.2) is 0 Å². The number of carbonyl (C=O) groups is 1. The van der Waals surface area contributed by atoms with E-state index in [1.165, 1.54) is 25.7 Å². The second-order valence-electron chi connectivity index (χ2n) is 5.95. The third-order valence-electron chi connectivity index (χ3n) is 4.17.